The fraction of sp³-hybridized carbons (Fsp3) is 0.233. The Balaban J connectivity index is 1.70. The van der Waals surface area contributed by atoms with E-state index in [1.165, 1.54) is 0 Å². The van der Waals surface area contributed by atoms with Crippen LogP contribution in [0, 0.1) is 0 Å². The molecule has 3 N–H and O–H groups in total. The highest BCUT2D eigenvalue weighted by Crippen LogP contribution is 2.33. The Hall–Kier alpha value is -4.14. The van der Waals surface area contributed by atoms with Crippen molar-refractivity contribution in [3.63, 3.8) is 0 Å². The summed E-state index contributed by atoms with van der Waals surface area (Å²) in [5.41, 5.74) is 4.41. The van der Waals surface area contributed by atoms with E-state index < -0.39 is 5.97 Å². The molecule has 0 saturated carbocycles. The number of aliphatic imine (C=N–C) groups is 1. The number of halogens is 1. The van der Waals surface area contributed by atoms with Gasteiger partial charge in [0.2, 0.25) is 5.91 Å². The number of carbonyl (C=O) groups is 2. The number of anilines is 1. The van der Waals surface area contributed by atoms with Crippen molar-refractivity contribution in [1.29, 1.82) is 0 Å². The molecule has 0 saturated heterocycles. The zero-order valence-electron chi connectivity index (χ0n) is 22.1. The second kappa shape index (κ2) is 12.1. The van der Waals surface area contributed by atoms with Crippen molar-refractivity contribution in [2.75, 3.05) is 32.6 Å². The van der Waals surface area contributed by atoms with Crippen molar-refractivity contribution in [3.05, 3.63) is 88.4 Å². The molecule has 9 heteroatoms. The van der Waals surface area contributed by atoms with Gasteiger partial charge in [-0.2, -0.15) is 0 Å². The third kappa shape index (κ3) is 6.85. The molecule has 0 aliphatic heterocycles. The fourth-order valence-corrected chi connectivity index (χ4v) is 4.53. The monoisotopic (exact) mass is 546 g/mol. The van der Waals surface area contributed by atoms with Crippen molar-refractivity contribution in [2.45, 2.75) is 19.3 Å². The van der Waals surface area contributed by atoms with Gasteiger partial charge in [0.05, 0.1) is 28.9 Å². The van der Waals surface area contributed by atoms with E-state index in [2.05, 4.69) is 9.88 Å². The molecule has 0 atom stereocenters. The highest BCUT2D eigenvalue weighted by Gasteiger charge is 2.19. The van der Waals surface area contributed by atoms with Crippen LogP contribution in [0.1, 0.15) is 29.5 Å². The van der Waals surface area contributed by atoms with Crippen LogP contribution in [0.4, 0.5) is 11.4 Å². The molecule has 8 nitrogen and oxygen atoms in total. The smallest absolute Gasteiger partial charge is 0.307 e. The highest BCUT2D eigenvalue weighted by molar-refractivity contribution is 6.31. The molecule has 0 radical (unpaired) electrons. The van der Waals surface area contributed by atoms with Gasteiger partial charge in [0, 0.05) is 35.1 Å². The first kappa shape index (κ1) is 27.9. The Bertz CT molecular complexity index is 1510. The number of fused-ring (bicyclic) bond motifs is 1. The number of amides is 1. The first-order valence-electron chi connectivity index (χ1n) is 12.5. The molecule has 0 spiro atoms. The SMILES string of the molecule is CN(C)CCCC(=O)N(C)c1ccc(N=C(c2ccc(CC(=O)O)cc2)c2c(O)[nH]c3cc(Cl)ccc23)cc1. The van der Waals surface area contributed by atoms with Crippen LogP contribution in [0.5, 0.6) is 5.88 Å². The van der Waals surface area contributed by atoms with Crippen molar-refractivity contribution in [2.24, 2.45) is 4.99 Å². The number of hydrogen-bond acceptors (Lipinski definition) is 5. The molecule has 4 rings (SSSR count). The van der Waals surface area contributed by atoms with Crippen molar-refractivity contribution in [1.82, 2.24) is 9.88 Å². The number of nitrogens with zero attached hydrogens (tertiary/aromatic N) is 3. The summed E-state index contributed by atoms with van der Waals surface area (Å²) in [5.74, 6) is -0.929. The van der Waals surface area contributed by atoms with E-state index in [1.807, 2.05) is 44.4 Å². The lowest BCUT2D eigenvalue weighted by Crippen LogP contribution is -2.27. The summed E-state index contributed by atoms with van der Waals surface area (Å²) in [6.07, 6.45) is 1.15. The summed E-state index contributed by atoms with van der Waals surface area (Å²) in [5, 5.41) is 21.3. The number of aliphatic carboxylic acids is 1. The number of rotatable bonds is 10. The van der Waals surface area contributed by atoms with E-state index >= 15 is 0 Å². The Morgan fingerprint density at radius 1 is 0.974 bits per heavy atom. The van der Waals surface area contributed by atoms with Crippen molar-refractivity contribution < 1.29 is 19.8 Å². The van der Waals surface area contributed by atoms with E-state index in [1.54, 1.807) is 48.3 Å². The Morgan fingerprint density at radius 2 is 1.67 bits per heavy atom. The summed E-state index contributed by atoms with van der Waals surface area (Å²) in [7, 11) is 5.73. The highest BCUT2D eigenvalue weighted by atomic mass is 35.5. The van der Waals surface area contributed by atoms with Crippen LogP contribution >= 0.6 is 11.6 Å². The number of carbonyl (C=O) groups excluding carboxylic acids is 1. The predicted molar refractivity (Wildman–Crippen MR) is 156 cm³/mol. The predicted octanol–water partition coefficient (Wildman–Crippen LogP) is 5.63. The third-order valence-corrected chi connectivity index (χ3v) is 6.64. The number of hydrogen-bond donors (Lipinski definition) is 3. The van der Waals surface area contributed by atoms with Gasteiger partial charge in [0.1, 0.15) is 0 Å². The van der Waals surface area contributed by atoms with Gasteiger partial charge in [-0.1, -0.05) is 41.9 Å². The number of aromatic hydroxyl groups is 1. The third-order valence-electron chi connectivity index (χ3n) is 6.41. The lowest BCUT2D eigenvalue weighted by molar-refractivity contribution is -0.136. The van der Waals surface area contributed by atoms with E-state index in [9.17, 15) is 14.7 Å². The van der Waals surface area contributed by atoms with Gasteiger partial charge in [0.15, 0.2) is 5.88 Å². The van der Waals surface area contributed by atoms with Gasteiger partial charge < -0.3 is 25.0 Å². The first-order valence-corrected chi connectivity index (χ1v) is 12.9. The van der Waals surface area contributed by atoms with Gasteiger partial charge in [0.25, 0.3) is 0 Å². The van der Waals surface area contributed by atoms with Crippen LogP contribution in [0.25, 0.3) is 10.9 Å². The molecule has 202 valence electrons. The Labute approximate surface area is 232 Å². The van der Waals surface area contributed by atoms with Crippen molar-refractivity contribution >= 4 is 51.5 Å². The van der Waals surface area contributed by atoms with Crippen LogP contribution in [0.2, 0.25) is 5.02 Å². The normalized spacial score (nSPS) is 11.8. The molecule has 0 bridgehead atoms. The Kier molecular flexibility index (Phi) is 8.69. The van der Waals surface area contributed by atoms with Gasteiger partial charge in [-0.15, -0.1) is 0 Å². The number of benzene rings is 3. The minimum Gasteiger partial charge on any atom is -0.494 e. The molecule has 0 aliphatic carbocycles. The van der Waals surface area contributed by atoms with Gasteiger partial charge in [-0.05, 0) is 69.0 Å². The lowest BCUT2D eigenvalue weighted by Gasteiger charge is -2.18. The minimum absolute atomic E-state index is 0.0395. The Morgan fingerprint density at radius 3 is 2.31 bits per heavy atom. The molecular weight excluding hydrogens is 516 g/mol. The van der Waals surface area contributed by atoms with E-state index in [0.29, 0.717) is 45.0 Å². The number of carboxylic acids is 1. The average molecular weight is 547 g/mol. The number of aromatic nitrogens is 1. The van der Waals surface area contributed by atoms with Gasteiger partial charge in [-0.25, -0.2) is 4.99 Å². The van der Waals surface area contributed by atoms with Crippen LogP contribution in [-0.2, 0) is 16.0 Å². The molecule has 1 heterocycles. The van der Waals surface area contributed by atoms with Crippen LogP contribution < -0.4 is 4.90 Å². The molecule has 4 aromatic rings. The summed E-state index contributed by atoms with van der Waals surface area (Å²) in [6, 6.07) is 19.7. The second-order valence-corrected chi connectivity index (χ2v) is 10.1. The summed E-state index contributed by atoms with van der Waals surface area (Å²) >= 11 is 6.16. The average Bonchev–Trinajstić information content (AvgIpc) is 3.21. The summed E-state index contributed by atoms with van der Waals surface area (Å²) in [6.45, 7) is 0.847. The molecule has 0 unspecified atom stereocenters. The van der Waals surface area contributed by atoms with E-state index in [4.69, 9.17) is 21.7 Å². The fourth-order valence-electron chi connectivity index (χ4n) is 4.35. The molecule has 3 aromatic carbocycles. The van der Waals surface area contributed by atoms with Crippen LogP contribution in [0.3, 0.4) is 0 Å². The van der Waals surface area contributed by atoms with Crippen LogP contribution in [-0.4, -0.2) is 65.4 Å². The maximum Gasteiger partial charge on any atom is 0.307 e. The number of H-pyrrole nitrogens is 1. The zero-order valence-corrected chi connectivity index (χ0v) is 22.9. The number of carboxylic acid groups (broad SMARTS) is 1. The van der Waals surface area contributed by atoms with Crippen molar-refractivity contribution in [3.8, 4) is 5.88 Å². The van der Waals surface area contributed by atoms with E-state index in [-0.39, 0.29) is 18.2 Å². The number of aromatic amines is 1. The summed E-state index contributed by atoms with van der Waals surface area (Å²) < 4.78 is 0. The maximum atomic E-state index is 12.6. The zero-order chi connectivity index (χ0) is 28.1. The quantitative estimate of drug-likeness (QED) is 0.223. The topological polar surface area (TPSA) is 109 Å². The molecular formula is C30H31ClN4O4. The van der Waals surface area contributed by atoms with Gasteiger partial charge in [-0.3, -0.25) is 9.59 Å². The molecule has 1 aromatic heterocycles. The maximum absolute atomic E-state index is 12.6. The molecule has 0 fully saturated rings. The first-order chi connectivity index (χ1) is 18.6. The molecule has 1 amide bonds. The standard InChI is InChI=1S/C30H31ClN4O4/c1-34(2)16-4-5-26(36)35(3)23-13-11-22(12-14-23)32-29(20-8-6-19(7-9-20)17-27(37)38)28-24-15-10-21(31)18-25(24)33-30(28)39/h6-15,18,33,39H,4-5,16-17H2,1-3H3,(H,37,38). The largest absolute Gasteiger partial charge is 0.494 e. The second-order valence-electron chi connectivity index (χ2n) is 9.64. The summed E-state index contributed by atoms with van der Waals surface area (Å²) in [4.78, 5) is 35.3. The van der Waals surface area contributed by atoms with Crippen LogP contribution in [0.15, 0.2) is 71.7 Å². The van der Waals surface area contributed by atoms with E-state index in [0.717, 1.165) is 24.0 Å². The minimum atomic E-state index is -0.913. The lowest BCUT2D eigenvalue weighted by atomic mass is 9.99. The number of nitrogens with one attached hydrogen (secondary N) is 1. The molecule has 39 heavy (non-hydrogen) atoms. The van der Waals surface area contributed by atoms with Gasteiger partial charge >= 0.3 is 5.97 Å². The molecule has 0 aliphatic rings.